The molecule has 0 aromatic carbocycles. The summed E-state index contributed by atoms with van der Waals surface area (Å²) in [6, 6.07) is 0. The Morgan fingerprint density at radius 2 is 0.500 bits per heavy atom. The monoisotopic (exact) mass is 244 g/mol. The molecule has 34 valence electrons. The molecule has 6 heavy (non-hydrogen) atoms. The maximum absolute atomic E-state index is 0. The number of halogens is 4. The van der Waals surface area contributed by atoms with Gasteiger partial charge in [0, 0.05) is 0 Å². The normalized spacial score (nSPS) is 0. The van der Waals surface area contributed by atoms with Crippen LogP contribution in [0.3, 0.4) is 0 Å². The Bertz CT molecular complexity index is 7.51. The second-order valence-electron chi connectivity index (χ2n) is 0. The summed E-state index contributed by atoms with van der Waals surface area (Å²) in [6.07, 6.45) is 0. The Hall–Kier alpha value is 1.75. The molecule has 2 radical (unpaired) electrons. The Morgan fingerprint density at radius 1 is 0.500 bits per heavy atom. The Labute approximate surface area is 81.4 Å². The van der Waals surface area contributed by atoms with Crippen molar-refractivity contribution in [3.63, 3.8) is 0 Å². The minimum Gasteiger partial charge on any atom is -1.00 e. The average Bonchev–Trinajstić information content (AvgIpc) is 0. The van der Waals surface area contributed by atoms with E-state index in [1.54, 1.807) is 0 Å². The van der Waals surface area contributed by atoms with Crippen LogP contribution in [0.4, 0.5) is 0 Å². The van der Waals surface area contributed by atoms with Crippen LogP contribution < -0.4 is 55.8 Å². The van der Waals surface area contributed by atoms with E-state index in [4.69, 9.17) is 0 Å². The molecule has 1 nitrogen and oxygen atoms in total. The third-order valence-electron chi connectivity index (χ3n) is 0. The van der Waals surface area contributed by atoms with Gasteiger partial charge in [-0.2, -0.15) is 0 Å². The van der Waals surface area contributed by atoms with Gasteiger partial charge >= 0.3 is 32.4 Å². The molecule has 0 atom stereocenters. The molecule has 6 heteroatoms. The van der Waals surface area contributed by atoms with E-state index in [-0.39, 0.29) is 82.0 Å². The molecular formula is Cl4NZr+3. The average molecular weight is 247 g/mol. The number of hydrogen-bond acceptors (Lipinski definition) is 0. The van der Waals surface area contributed by atoms with Crippen molar-refractivity contribution in [1.82, 2.24) is 6.15 Å². The summed E-state index contributed by atoms with van der Waals surface area (Å²) >= 11 is 0. The van der Waals surface area contributed by atoms with Crippen LogP contribution in [0.25, 0.3) is 0 Å². The predicted octanol–water partition coefficient (Wildman–Crippen LogP) is -12.5. The van der Waals surface area contributed by atoms with E-state index in [0.717, 1.165) is 0 Å². The van der Waals surface area contributed by atoms with Crippen LogP contribution in [-0.4, -0.2) is 0 Å². The molecule has 0 aromatic rings. The topological polar surface area (TPSA) is 30.5 Å². The minimum atomic E-state index is 0. The summed E-state index contributed by atoms with van der Waals surface area (Å²) in [4.78, 5) is 0. The first-order chi connectivity index (χ1) is 0. The fourth-order valence-corrected chi connectivity index (χ4v) is 0. The zero-order valence-corrected chi connectivity index (χ0v) is 7.94. The summed E-state index contributed by atoms with van der Waals surface area (Å²) in [7, 11) is 0. The van der Waals surface area contributed by atoms with Crippen molar-refractivity contribution in [3.8, 4) is 0 Å². The van der Waals surface area contributed by atoms with Gasteiger partial charge in [-0.05, 0) is 0 Å². The molecular weight excluding hydrogens is 247 g/mol. The maximum Gasteiger partial charge on any atom is 4.00 e. The molecule has 0 unspecified atom stereocenters. The van der Waals surface area contributed by atoms with Gasteiger partial charge in [-0.25, -0.2) is 0 Å². The Balaban J connectivity index is 0. The van der Waals surface area contributed by atoms with Crippen molar-refractivity contribution in [2.45, 2.75) is 0 Å². The molecule has 0 amide bonds. The molecule has 0 heterocycles. The van der Waals surface area contributed by atoms with Crippen LogP contribution in [0.15, 0.2) is 0 Å². The van der Waals surface area contributed by atoms with Crippen molar-refractivity contribution < 1.29 is 75.8 Å². The summed E-state index contributed by atoms with van der Waals surface area (Å²) in [5.41, 5.74) is 0. The van der Waals surface area contributed by atoms with Gasteiger partial charge in [-0.15, -0.1) is 0 Å². The summed E-state index contributed by atoms with van der Waals surface area (Å²) in [6.45, 7) is 0. The second kappa shape index (κ2) is 72.7. The summed E-state index contributed by atoms with van der Waals surface area (Å²) in [5.74, 6) is 0. The Kier molecular flexibility index (Phi) is 1390. The first kappa shape index (κ1) is 115. The van der Waals surface area contributed by atoms with Crippen molar-refractivity contribution in [1.29, 1.82) is 0 Å². The fraction of sp³-hybridized carbons (Fsp3) is 0. The SMILES string of the molecule is [Cl-].[Cl-].[Cl-].[Cl-].[N+3].[Zr+4]. The van der Waals surface area contributed by atoms with Crippen molar-refractivity contribution >= 4 is 0 Å². The molecule has 0 saturated carbocycles. The zero-order chi connectivity index (χ0) is 0. The zero-order valence-electron chi connectivity index (χ0n) is 2.46. The molecule has 0 aliphatic carbocycles. The molecule has 0 saturated heterocycles. The fourth-order valence-electron chi connectivity index (χ4n) is 0. The van der Waals surface area contributed by atoms with Crippen LogP contribution in [0.5, 0.6) is 0 Å². The van der Waals surface area contributed by atoms with Gasteiger partial charge < -0.3 is 49.6 Å². The van der Waals surface area contributed by atoms with Gasteiger partial charge in [0.25, 0.3) is 0 Å². The smallest absolute Gasteiger partial charge is 1.00 e. The van der Waals surface area contributed by atoms with Crippen molar-refractivity contribution in [3.05, 3.63) is 0 Å². The van der Waals surface area contributed by atoms with Crippen LogP contribution >= 0.6 is 0 Å². The van der Waals surface area contributed by atoms with E-state index in [0.29, 0.717) is 0 Å². The third-order valence-corrected chi connectivity index (χ3v) is 0. The largest absolute Gasteiger partial charge is 4.00 e. The first-order valence-electron chi connectivity index (χ1n) is 0. The third kappa shape index (κ3) is 42.3. The van der Waals surface area contributed by atoms with Gasteiger partial charge in [0.05, 0.1) is 0 Å². The van der Waals surface area contributed by atoms with E-state index in [9.17, 15) is 0 Å². The standard InChI is InChI=1S/4ClH.N.Zr/h4*1H;;/q;;;;+3;+4/p-4. The molecule has 0 aliphatic rings. The number of hydrogen-bond donors (Lipinski definition) is 0. The second-order valence-corrected chi connectivity index (χ2v) is 0. The molecule has 0 bridgehead atoms. The molecule has 0 rings (SSSR count). The quantitative estimate of drug-likeness (QED) is 0.407. The van der Waals surface area contributed by atoms with Gasteiger partial charge in [0.2, 0.25) is 0 Å². The summed E-state index contributed by atoms with van der Waals surface area (Å²) in [5, 5.41) is 0. The van der Waals surface area contributed by atoms with Gasteiger partial charge in [-0.3, -0.25) is 0 Å². The number of rotatable bonds is 0. The van der Waals surface area contributed by atoms with Gasteiger partial charge in [0.15, 0.2) is 0 Å². The Morgan fingerprint density at radius 3 is 0.500 bits per heavy atom. The van der Waals surface area contributed by atoms with Crippen LogP contribution in [0.2, 0.25) is 0 Å². The maximum atomic E-state index is 0. The van der Waals surface area contributed by atoms with Crippen LogP contribution in [0, 0.1) is 0 Å². The molecule has 0 aromatic heterocycles. The van der Waals surface area contributed by atoms with E-state index in [2.05, 4.69) is 0 Å². The van der Waals surface area contributed by atoms with E-state index in [1.807, 2.05) is 0 Å². The first-order valence-corrected chi connectivity index (χ1v) is 0. The van der Waals surface area contributed by atoms with E-state index in [1.165, 1.54) is 0 Å². The minimum absolute atomic E-state index is 0. The molecule has 0 aliphatic heterocycles. The van der Waals surface area contributed by atoms with Crippen molar-refractivity contribution in [2.75, 3.05) is 0 Å². The van der Waals surface area contributed by atoms with Gasteiger partial charge in [0.1, 0.15) is 0 Å². The molecule has 0 N–H and O–H groups in total. The van der Waals surface area contributed by atoms with Crippen molar-refractivity contribution in [2.24, 2.45) is 0 Å². The van der Waals surface area contributed by atoms with Crippen LogP contribution in [-0.2, 0) is 26.2 Å². The van der Waals surface area contributed by atoms with E-state index < -0.39 is 0 Å². The van der Waals surface area contributed by atoms with E-state index >= 15 is 0 Å². The van der Waals surface area contributed by atoms with Gasteiger partial charge in [-0.1, -0.05) is 0 Å². The molecule has 0 spiro atoms. The van der Waals surface area contributed by atoms with Crippen LogP contribution in [0.1, 0.15) is 0 Å². The predicted molar refractivity (Wildman–Crippen MR) is 2.13 cm³/mol. The molecule has 0 fully saturated rings. The number of nitrogens with zero attached hydrogens (tertiary/aromatic N) is 1. The summed E-state index contributed by atoms with van der Waals surface area (Å²) < 4.78 is 0.